The Morgan fingerprint density at radius 3 is 2.75 bits per heavy atom. The lowest BCUT2D eigenvalue weighted by molar-refractivity contribution is 0.408. The molecular weight excluding hydrogens is 278 g/mol. The van der Waals surface area contributed by atoms with Crippen LogP contribution in [0.1, 0.15) is 11.1 Å². The zero-order valence-electron chi connectivity index (χ0n) is 10.8. The van der Waals surface area contributed by atoms with E-state index in [9.17, 15) is 9.59 Å². The van der Waals surface area contributed by atoms with Crippen molar-refractivity contribution in [1.82, 2.24) is 9.55 Å². The van der Waals surface area contributed by atoms with Crippen molar-refractivity contribution >= 4 is 17.2 Å². The van der Waals surface area contributed by atoms with Crippen LogP contribution in [0.2, 0.25) is 0 Å². The van der Waals surface area contributed by atoms with Gasteiger partial charge in [0.25, 0.3) is 5.56 Å². The lowest BCUT2D eigenvalue weighted by atomic mass is 10.1. The van der Waals surface area contributed by atoms with Crippen molar-refractivity contribution in [2.75, 3.05) is 7.11 Å². The maximum Gasteiger partial charge on any atom is 0.328 e. The third-order valence-corrected chi connectivity index (χ3v) is 3.04. The number of rotatable bonds is 4. The molecule has 0 atom stereocenters. The molecule has 7 heteroatoms. The summed E-state index contributed by atoms with van der Waals surface area (Å²) >= 11 is 4.93. The summed E-state index contributed by atoms with van der Waals surface area (Å²) in [5.41, 5.74) is 6.10. The number of hydrogen-bond donors (Lipinski definition) is 2. The molecule has 0 saturated carbocycles. The minimum absolute atomic E-state index is 0.245. The molecule has 0 radical (unpaired) electrons. The molecule has 0 aliphatic rings. The van der Waals surface area contributed by atoms with Crippen molar-refractivity contribution in [3.63, 3.8) is 0 Å². The van der Waals surface area contributed by atoms with Gasteiger partial charge >= 0.3 is 5.69 Å². The highest BCUT2D eigenvalue weighted by Gasteiger charge is 2.08. The van der Waals surface area contributed by atoms with Crippen molar-refractivity contribution in [1.29, 1.82) is 0 Å². The fraction of sp³-hybridized carbons (Fsp3) is 0.154. The van der Waals surface area contributed by atoms with Crippen molar-refractivity contribution < 1.29 is 4.74 Å². The predicted molar refractivity (Wildman–Crippen MR) is 79.3 cm³/mol. The first kappa shape index (κ1) is 14.0. The third kappa shape index (κ3) is 2.94. The average molecular weight is 291 g/mol. The van der Waals surface area contributed by atoms with E-state index in [0.29, 0.717) is 11.3 Å². The number of methoxy groups -OCH3 is 1. The lowest BCUT2D eigenvalue weighted by Crippen LogP contribution is -2.29. The van der Waals surface area contributed by atoms with E-state index in [1.807, 2.05) is 0 Å². The Labute approximate surface area is 119 Å². The largest absolute Gasteiger partial charge is 0.496 e. The van der Waals surface area contributed by atoms with Gasteiger partial charge in [-0.2, -0.15) is 0 Å². The molecule has 6 nitrogen and oxygen atoms in total. The summed E-state index contributed by atoms with van der Waals surface area (Å²) in [5.74, 6) is 0.614. The van der Waals surface area contributed by atoms with Gasteiger partial charge in [-0.1, -0.05) is 12.2 Å². The SMILES string of the molecule is COc1ccc(C(N)=S)cc1Cn1ccc(=O)[nH]c1=O. The molecule has 20 heavy (non-hydrogen) atoms. The van der Waals surface area contributed by atoms with E-state index in [1.54, 1.807) is 18.2 Å². The predicted octanol–water partition coefficient (Wildman–Crippen LogP) is 0.228. The summed E-state index contributed by atoms with van der Waals surface area (Å²) in [5, 5.41) is 0. The first-order valence-corrected chi connectivity index (χ1v) is 6.18. The first-order valence-electron chi connectivity index (χ1n) is 5.78. The Bertz CT molecular complexity index is 764. The summed E-state index contributed by atoms with van der Waals surface area (Å²) in [6, 6.07) is 6.53. The number of aromatic amines is 1. The number of ether oxygens (including phenoxy) is 1. The standard InChI is InChI=1S/C13H13N3O3S/c1-19-10-3-2-8(12(14)20)6-9(10)7-16-5-4-11(17)15-13(16)18/h2-6H,7H2,1H3,(H2,14,20)(H,15,17,18). The summed E-state index contributed by atoms with van der Waals surface area (Å²) in [4.78, 5) is 25.2. The lowest BCUT2D eigenvalue weighted by Gasteiger charge is -2.11. The zero-order chi connectivity index (χ0) is 14.7. The van der Waals surface area contributed by atoms with Gasteiger partial charge in [0.1, 0.15) is 10.7 Å². The fourth-order valence-electron chi connectivity index (χ4n) is 1.81. The number of H-pyrrole nitrogens is 1. The van der Waals surface area contributed by atoms with Gasteiger partial charge in [-0.25, -0.2) is 4.79 Å². The number of nitrogens with two attached hydrogens (primary N) is 1. The minimum Gasteiger partial charge on any atom is -0.496 e. The second kappa shape index (κ2) is 5.70. The Balaban J connectivity index is 2.46. The van der Waals surface area contributed by atoms with Gasteiger partial charge in [0.2, 0.25) is 0 Å². The Kier molecular flexibility index (Phi) is 3.99. The van der Waals surface area contributed by atoms with Crippen molar-refractivity contribution in [2.45, 2.75) is 6.54 Å². The number of hydrogen-bond acceptors (Lipinski definition) is 4. The van der Waals surface area contributed by atoms with E-state index in [1.165, 1.54) is 23.9 Å². The van der Waals surface area contributed by atoms with Crippen LogP contribution in [0.4, 0.5) is 0 Å². The van der Waals surface area contributed by atoms with Crippen LogP contribution in [-0.4, -0.2) is 21.6 Å². The van der Waals surface area contributed by atoms with Crippen molar-refractivity contribution in [3.05, 3.63) is 62.4 Å². The maximum atomic E-state index is 11.7. The minimum atomic E-state index is -0.486. The fourth-order valence-corrected chi connectivity index (χ4v) is 1.93. The molecule has 1 aromatic carbocycles. The van der Waals surface area contributed by atoms with Crippen LogP contribution >= 0.6 is 12.2 Å². The van der Waals surface area contributed by atoms with E-state index in [2.05, 4.69) is 4.98 Å². The molecule has 3 N–H and O–H groups in total. The van der Waals surface area contributed by atoms with Gasteiger partial charge in [-0.3, -0.25) is 14.3 Å². The molecule has 1 heterocycles. The molecule has 1 aromatic heterocycles. The van der Waals surface area contributed by atoms with Crippen LogP contribution < -0.4 is 21.7 Å². The molecule has 2 aromatic rings. The van der Waals surface area contributed by atoms with Crippen molar-refractivity contribution in [3.8, 4) is 5.75 Å². The highest BCUT2D eigenvalue weighted by Crippen LogP contribution is 2.20. The Morgan fingerprint density at radius 2 is 2.15 bits per heavy atom. The van der Waals surface area contributed by atoms with Crippen LogP contribution in [0, 0.1) is 0 Å². The van der Waals surface area contributed by atoms with Crippen LogP contribution in [0.5, 0.6) is 5.75 Å². The number of aromatic nitrogens is 2. The van der Waals surface area contributed by atoms with Crippen LogP contribution in [0.3, 0.4) is 0 Å². The summed E-state index contributed by atoms with van der Waals surface area (Å²) in [6.07, 6.45) is 1.42. The van der Waals surface area contributed by atoms with Gasteiger partial charge in [0, 0.05) is 23.4 Å². The summed E-state index contributed by atoms with van der Waals surface area (Å²) in [6.45, 7) is 0.245. The zero-order valence-corrected chi connectivity index (χ0v) is 11.6. The van der Waals surface area contributed by atoms with Gasteiger partial charge in [-0.05, 0) is 18.2 Å². The second-order valence-corrected chi connectivity index (χ2v) is 4.57. The molecule has 0 saturated heterocycles. The quantitative estimate of drug-likeness (QED) is 0.787. The Hall–Kier alpha value is -2.41. The number of thiocarbonyl (C=S) groups is 1. The molecule has 0 bridgehead atoms. The van der Waals surface area contributed by atoms with Crippen LogP contribution in [-0.2, 0) is 6.54 Å². The van der Waals surface area contributed by atoms with Crippen molar-refractivity contribution in [2.24, 2.45) is 5.73 Å². The topological polar surface area (TPSA) is 90.1 Å². The monoisotopic (exact) mass is 291 g/mol. The summed E-state index contributed by atoms with van der Waals surface area (Å²) < 4.78 is 6.61. The van der Waals surface area contributed by atoms with Gasteiger partial charge in [0.05, 0.1) is 13.7 Å². The molecule has 0 aliphatic heterocycles. The Morgan fingerprint density at radius 1 is 1.40 bits per heavy atom. The van der Waals surface area contributed by atoms with Crippen LogP contribution in [0.15, 0.2) is 40.1 Å². The molecule has 0 unspecified atom stereocenters. The highest BCUT2D eigenvalue weighted by atomic mass is 32.1. The molecule has 0 spiro atoms. The van der Waals surface area contributed by atoms with E-state index in [-0.39, 0.29) is 11.5 Å². The number of benzene rings is 1. The number of nitrogens with zero attached hydrogens (tertiary/aromatic N) is 1. The van der Waals surface area contributed by atoms with Crippen LogP contribution in [0.25, 0.3) is 0 Å². The molecule has 0 aliphatic carbocycles. The molecule has 0 fully saturated rings. The van der Waals surface area contributed by atoms with Gasteiger partial charge < -0.3 is 10.5 Å². The summed E-state index contributed by atoms with van der Waals surface area (Å²) in [7, 11) is 1.54. The van der Waals surface area contributed by atoms with E-state index < -0.39 is 11.2 Å². The molecule has 2 rings (SSSR count). The van der Waals surface area contributed by atoms with E-state index in [0.717, 1.165) is 5.56 Å². The second-order valence-electron chi connectivity index (χ2n) is 4.13. The molecule has 104 valence electrons. The highest BCUT2D eigenvalue weighted by molar-refractivity contribution is 7.80. The van der Waals surface area contributed by atoms with E-state index >= 15 is 0 Å². The third-order valence-electron chi connectivity index (χ3n) is 2.80. The molecular formula is C13H13N3O3S. The first-order chi connectivity index (χ1) is 9.51. The maximum absolute atomic E-state index is 11.7. The molecule has 0 amide bonds. The number of nitrogens with one attached hydrogen (secondary N) is 1. The van der Waals surface area contributed by atoms with Gasteiger partial charge in [-0.15, -0.1) is 0 Å². The van der Waals surface area contributed by atoms with Gasteiger partial charge in [0.15, 0.2) is 0 Å². The average Bonchev–Trinajstić information content (AvgIpc) is 2.41. The normalized spacial score (nSPS) is 10.2. The van der Waals surface area contributed by atoms with E-state index in [4.69, 9.17) is 22.7 Å². The smallest absolute Gasteiger partial charge is 0.328 e.